The zero-order valence-electron chi connectivity index (χ0n) is 22.1. The summed E-state index contributed by atoms with van der Waals surface area (Å²) in [5.41, 5.74) is 1.88. The van der Waals surface area contributed by atoms with E-state index in [9.17, 15) is 17.6 Å². The van der Waals surface area contributed by atoms with Gasteiger partial charge in [-0.1, -0.05) is 6.07 Å². The van der Waals surface area contributed by atoms with Crippen LogP contribution in [0.2, 0.25) is 0 Å². The Morgan fingerprint density at radius 2 is 1.75 bits per heavy atom. The Morgan fingerprint density at radius 3 is 2.45 bits per heavy atom. The molecule has 1 aliphatic heterocycles. The predicted octanol–water partition coefficient (Wildman–Crippen LogP) is 4.45. The van der Waals surface area contributed by atoms with Crippen molar-refractivity contribution in [3.63, 3.8) is 0 Å². The average molecular weight is 564 g/mol. The monoisotopic (exact) mass is 563 g/mol. The molecule has 2 fully saturated rings. The molecular formula is C29H30FN5O4S. The molecule has 3 heterocycles. The number of sulfonamides is 1. The number of anilines is 1. The molecule has 2 aromatic heterocycles. The quantitative estimate of drug-likeness (QED) is 0.338. The Balaban J connectivity index is 1.29. The van der Waals surface area contributed by atoms with Crippen LogP contribution in [0.4, 0.5) is 10.1 Å². The molecule has 1 aliphatic carbocycles. The first-order valence-corrected chi connectivity index (χ1v) is 14.8. The zero-order chi connectivity index (χ0) is 27.9. The molecule has 40 heavy (non-hydrogen) atoms. The highest BCUT2D eigenvalue weighted by molar-refractivity contribution is 7.92. The third-order valence-corrected chi connectivity index (χ3v) is 9.07. The van der Waals surface area contributed by atoms with Gasteiger partial charge in [0.2, 0.25) is 5.88 Å². The molecule has 6 rings (SSSR count). The van der Waals surface area contributed by atoms with Crippen LogP contribution in [-0.2, 0) is 10.0 Å². The molecule has 0 amide bonds. The van der Waals surface area contributed by atoms with Gasteiger partial charge in [-0.15, -0.1) is 0 Å². The normalized spacial score (nSPS) is 16.8. The zero-order valence-corrected chi connectivity index (χ0v) is 22.9. The summed E-state index contributed by atoms with van der Waals surface area (Å²) in [7, 11) is -2.64. The Hall–Kier alpha value is -3.83. The number of benzene rings is 2. The fraction of sp³-hybridized carbons (Fsp3) is 0.345. The van der Waals surface area contributed by atoms with Crippen LogP contribution in [0.5, 0.6) is 5.88 Å². The summed E-state index contributed by atoms with van der Waals surface area (Å²) in [5, 5.41) is 0.490. The molecule has 2 aliphatic rings. The molecule has 11 heteroatoms. The minimum atomic E-state index is -4.03. The van der Waals surface area contributed by atoms with Crippen molar-refractivity contribution in [1.29, 1.82) is 0 Å². The maximum absolute atomic E-state index is 13.6. The van der Waals surface area contributed by atoms with Crippen LogP contribution in [0.15, 0.2) is 70.7 Å². The predicted molar refractivity (Wildman–Crippen MR) is 150 cm³/mol. The first-order chi connectivity index (χ1) is 19.3. The van der Waals surface area contributed by atoms with Crippen molar-refractivity contribution in [2.45, 2.75) is 36.6 Å². The van der Waals surface area contributed by atoms with E-state index >= 15 is 0 Å². The maximum Gasteiger partial charge on any atom is 0.262 e. The number of rotatable bonds is 8. The lowest BCUT2D eigenvalue weighted by molar-refractivity contribution is 0.178. The molecular weight excluding hydrogens is 533 g/mol. The number of ether oxygens (including phenoxy) is 1. The van der Waals surface area contributed by atoms with Gasteiger partial charge in [-0.2, -0.15) is 0 Å². The topological polar surface area (TPSA) is 106 Å². The number of piperidine rings is 1. The number of aromatic nitrogens is 3. The summed E-state index contributed by atoms with van der Waals surface area (Å²) in [5.74, 6) is 0.391. The minimum absolute atomic E-state index is 0.0762. The van der Waals surface area contributed by atoms with E-state index in [0.717, 1.165) is 44.0 Å². The smallest absolute Gasteiger partial charge is 0.262 e. The third kappa shape index (κ3) is 5.44. The van der Waals surface area contributed by atoms with E-state index in [4.69, 9.17) is 4.74 Å². The Kier molecular flexibility index (Phi) is 7.01. The molecule has 1 saturated heterocycles. The van der Waals surface area contributed by atoms with Crippen LogP contribution in [0.3, 0.4) is 0 Å². The molecule has 1 saturated carbocycles. The molecule has 0 radical (unpaired) electrons. The van der Waals surface area contributed by atoms with Crippen LogP contribution in [-0.4, -0.2) is 54.6 Å². The first-order valence-electron chi connectivity index (χ1n) is 13.4. The highest BCUT2D eigenvalue weighted by Gasteiger charge is 2.28. The molecule has 0 spiro atoms. The van der Waals surface area contributed by atoms with Gasteiger partial charge in [0.1, 0.15) is 11.5 Å². The lowest BCUT2D eigenvalue weighted by Crippen LogP contribution is -2.38. The number of nitrogens with zero attached hydrogens (tertiary/aromatic N) is 4. The van der Waals surface area contributed by atoms with Crippen molar-refractivity contribution < 1.29 is 17.5 Å². The lowest BCUT2D eigenvalue weighted by atomic mass is 10.0. The highest BCUT2D eigenvalue weighted by atomic mass is 32.2. The van der Waals surface area contributed by atoms with Gasteiger partial charge in [-0.05, 0) is 79.6 Å². The van der Waals surface area contributed by atoms with E-state index in [1.807, 2.05) is 6.07 Å². The van der Waals surface area contributed by atoms with E-state index in [0.29, 0.717) is 22.0 Å². The molecule has 1 N–H and O–H groups in total. The molecule has 9 nitrogen and oxygen atoms in total. The van der Waals surface area contributed by atoms with Crippen molar-refractivity contribution >= 4 is 26.6 Å². The number of pyridine rings is 1. The van der Waals surface area contributed by atoms with Gasteiger partial charge >= 0.3 is 0 Å². The molecule has 2 aromatic carbocycles. The van der Waals surface area contributed by atoms with E-state index in [-0.39, 0.29) is 28.1 Å². The number of hydrogen-bond acceptors (Lipinski definition) is 7. The van der Waals surface area contributed by atoms with Crippen LogP contribution in [0.25, 0.3) is 22.0 Å². The Morgan fingerprint density at radius 1 is 1.00 bits per heavy atom. The second-order valence-electron chi connectivity index (χ2n) is 10.5. The minimum Gasteiger partial charge on any atom is -0.480 e. The molecule has 0 unspecified atom stereocenters. The van der Waals surface area contributed by atoms with Crippen molar-refractivity contribution in [2.75, 3.05) is 31.5 Å². The van der Waals surface area contributed by atoms with Gasteiger partial charge in [-0.25, -0.2) is 22.8 Å². The fourth-order valence-electron chi connectivity index (χ4n) is 5.28. The third-order valence-electron chi connectivity index (χ3n) is 7.69. The lowest BCUT2D eigenvalue weighted by Gasteiger charge is -2.32. The van der Waals surface area contributed by atoms with Gasteiger partial charge in [0, 0.05) is 37.4 Å². The van der Waals surface area contributed by atoms with Crippen molar-refractivity contribution in [1.82, 2.24) is 19.4 Å². The van der Waals surface area contributed by atoms with Gasteiger partial charge in [-0.3, -0.25) is 14.1 Å². The number of nitrogens with one attached hydrogen (secondary N) is 1. The number of halogens is 1. The largest absolute Gasteiger partial charge is 0.480 e. The summed E-state index contributed by atoms with van der Waals surface area (Å²) in [4.78, 5) is 24.8. The standard InChI is InChI=1S/C29H30FN5O4S/c1-39-28-27(33-40(37,38)24-7-5-22(30)6-8-24)15-21(16-31-28)20-4-9-26-25(14-20)29(36)35(18-32-26)23-10-12-34(13-11-23)17-19-2-3-19/h4-9,14-16,18-19,23,33H,2-3,10-13,17H2,1H3. The SMILES string of the molecule is COc1ncc(-c2ccc3ncn(C4CCN(CC5CC5)CC4)c(=O)c3c2)cc1NS(=O)(=O)c1ccc(F)cc1. The summed E-state index contributed by atoms with van der Waals surface area (Å²) in [6, 6.07) is 11.6. The summed E-state index contributed by atoms with van der Waals surface area (Å²) in [6.45, 7) is 3.14. The second-order valence-corrected chi connectivity index (χ2v) is 12.2. The van der Waals surface area contributed by atoms with Crippen molar-refractivity contribution in [2.24, 2.45) is 5.92 Å². The van der Waals surface area contributed by atoms with Gasteiger partial charge in [0.25, 0.3) is 15.6 Å². The van der Waals surface area contributed by atoms with Gasteiger partial charge in [0.15, 0.2) is 0 Å². The summed E-state index contributed by atoms with van der Waals surface area (Å²) >= 11 is 0. The maximum atomic E-state index is 13.6. The van der Waals surface area contributed by atoms with Crippen molar-refractivity contribution in [3.8, 4) is 17.0 Å². The van der Waals surface area contributed by atoms with Gasteiger partial charge < -0.3 is 9.64 Å². The fourth-order valence-corrected chi connectivity index (χ4v) is 6.33. The Labute approximate surface area is 231 Å². The van der Waals surface area contributed by atoms with Crippen molar-refractivity contribution in [3.05, 3.63) is 77.2 Å². The Bertz CT molecular complexity index is 1710. The molecule has 4 aromatic rings. The highest BCUT2D eigenvalue weighted by Crippen LogP contribution is 2.33. The van der Waals surface area contributed by atoms with Crippen LogP contribution in [0.1, 0.15) is 31.7 Å². The number of likely N-dealkylation sites (tertiary alicyclic amines) is 1. The van der Waals surface area contributed by atoms with Crippen LogP contribution < -0.4 is 15.0 Å². The van der Waals surface area contributed by atoms with E-state index < -0.39 is 15.8 Å². The van der Waals surface area contributed by atoms with Crippen LogP contribution in [0, 0.1) is 11.7 Å². The number of hydrogen-bond donors (Lipinski definition) is 1. The van der Waals surface area contributed by atoms with E-state index in [1.54, 1.807) is 35.3 Å². The van der Waals surface area contributed by atoms with E-state index in [2.05, 4.69) is 19.6 Å². The second kappa shape index (κ2) is 10.6. The molecule has 208 valence electrons. The van der Waals surface area contributed by atoms with E-state index in [1.165, 1.54) is 38.6 Å². The first kappa shape index (κ1) is 26.4. The number of methoxy groups -OCH3 is 1. The average Bonchev–Trinajstić information content (AvgIpc) is 3.78. The summed E-state index contributed by atoms with van der Waals surface area (Å²) < 4.78 is 48.7. The molecule has 0 atom stereocenters. The van der Waals surface area contributed by atoms with Gasteiger partial charge in [0.05, 0.1) is 29.2 Å². The molecule has 0 bridgehead atoms. The summed E-state index contributed by atoms with van der Waals surface area (Å²) in [6.07, 6.45) is 7.71. The number of fused-ring (bicyclic) bond motifs is 1. The van der Waals surface area contributed by atoms with Crippen LogP contribution >= 0.6 is 0 Å².